The zero-order chi connectivity index (χ0) is 9.78. The number of alkyl halides is 2. The molecule has 0 aliphatic rings. The fourth-order valence-electron chi connectivity index (χ4n) is 0.415. The molecule has 0 radical (unpaired) electrons. The van der Waals surface area contributed by atoms with E-state index in [2.05, 4.69) is 11.3 Å². The number of carboxylic acid groups (broad SMARTS) is 1. The van der Waals surface area contributed by atoms with Crippen LogP contribution in [0.3, 0.4) is 0 Å². The molecule has 0 aliphatic heterocycles. The van der Waals surface area contributed by atoms with Gasteiger partial charge in [0.1, 0.15) is 0 Å². The van der Waals surface area contributed by atoms with E-state index in [9.17, 15) is 13.6 Å². The van der Waals surface area contributed by atoms with Gasteiger partial charge >= 0.3 is 12.1 Å². The summed E-state index contributed by atoms with van der Waals surface area (Å²) in [6.07, 6.45) is -3.86. The van der Waals surface area contributed by atoms with Crippen molar-refractivity contribution in [2.75, 3.05) is 6.61 Å². The fourth-order valence-corrected chi connectivity index (χ4v) is 0.415. The molecule has 0 saturated heterocycles. The second-order valence-electron chi connectivity index (χ2n) is 2.38. The number of ether oxygens (including phenoxy) is 1. The number of hydrogen-bond acceptors (Lipinski definition) is 2. The minimum Gasteiger partial charge on any atom is -0.475 e. The molecule has 0 unspecified atom stereocenters. The van der Waals surface area contributed by atoms with Crippen molar-refractivity contribution < 1.29 is 23.4 Å². The van der Waals surface area contributed by atoms with Crippen LogP contribution >= 0.6 is 0 Å². The SMILES string of the molecule is C=C(C)CCOC(F)(F)C(=O)O. The summed E-state index contributed by atoms with van der Waals surface area (Å²) in [4.78, 5) is 9.80. The van der Waals surface area contributed by atoms with Gasteiger partial charge < -0.3 is 9.84 Å². The summed E-state index contributed by atoms with van der Waals surface area (Å²) in [5.41, 5.74) is 0.663. The molecule has 0 amide bonds. The first-order valence-electron chi connectivity index (χ1n) is 3.26. The van der Waals surface area contributed by atoms with Crippen LogP contribution in [0, 0.1) is 0 Å². The van der Waals surface area contributed by atoms with Crippen molar-refractivity contribution >= 4 is 5.97 Å². The highest BCUT2D eigenvalue weighted by molar-refractivity contribution is 5.73. The number of aliphatic carboxylic acids is 1. The Morgan fingerprint density at radius 3 is 2.50 bits per heavy atom. The third kappa shape index (κ3) is 4.02. The van der Waals surface area contributed by atoms with Crippen molar-refractivity contribution in [1.82, 2.24) is 0 Å². The molecule has 0 aromatic carbocycles. The van der Waals surface area contributed by atoms with Crippen LogP contribution in [-0.4, -0.2) is 23.8 Å². The molecule has 0 aliphatic carbocycles. The minimum absolute atomic E-state index is 0.225. The first-order chi connectivity index (χ1) is 5.36. The van der Waals surface area contributed by atoms with Gasteiger partial charge in [-0.3, -0.25) is 0 Å². The highest BCUT2D eigenvalue weighted by Crippen LogP contribution is 2.15. The van der Waals surface area contributed by atoms with E-state index in [-0.39, 0.29) is 13.0 Å². The zero-order valence-corrected chi connectivity index (χ0v) is 6.64. The van der Waals surface area contributed by atoms with Crippen LogP contribution in [0.15, 0.2) is 12.2 Å². The molecule has 0 aromatic rings. The lowest BCUT2D eigenvalue weighted by molar-refractivity contribution is -0.245. The predicted octanol–water partition coefficient (Wildman–Crippen LogP) is 1.65. The molecule has 0 spiro atoms. The van der Waals surface area contributed by atoms with E-state index >= 15 is 0 Å². The molecule has 0 heterocycles. The monoisotopic (exact) mass is 180 g/mol. The van der Waals surface area contributed by atoms with Crippen LogP contribution in [0.2, 0.25) is 0 Å². The van der Waals surface area contributed by atoms with Crippen LogP contribution in [0.1, 0.15) is 13.3 Å². The highest BCUT2D eigenvalue weighted by Gasteiger charge is 2.40. The van der Waals surface area contributed by atoms with Gasteiger partial charge in [0.15, 0.2) is 0 Å². The Kier molecular flexibility index (Phi) is 3.82. The first kappa shape index (κ1) is 11.0. The van der Waals surface area contributed by atoms with Crippen molar-refractivity contribution in [2.24, 2.45) is 0 Å². The molecule has 0 atom stereocenters. The molecular weight excluding hydrogens is 170 g/mol. The maximum atomic E-state index is 12.1. The number of carboxylic acids is 1. The summed E-state index contributed by atoms with van der Waals surface area (Å²) in [6.45, 7) is 4.75. The molecular formula is C7H10F2O3. The van der Waals surface area contributed by atoms with Gasteiger partial charge in [-0.2, -0.15) is 8.78 Å². The average molecular weight is 180 g/mol. The molecule has 0 bridgehead atoms. The lowest BCUT2D eigenvalue weighted by atomic mass is 10.3. The van der Waals surface area contributed by atoms with E-state index in [1.165, 1.54) is 0 Å². The Bertz CT molecular complexity index is 189. The summed E-state index contributed by atoms with van der Waals surface area (Å²) < 4.78 is 28.1. The van der Waals surface area contributed by atoms with Gasteiger partial charge in [-0.1, -0.05) is 5.57 Å². The van der Waals surface area contributed by atoms with Crippen LogP contribution in [0.5, 0.6) is 0 Å². The molecule has 0 aromatic heterocycles. The Morgan fingerprint density at radius 2 is 2.17 bits per heavy atom. The molecule has 0 saturated carbocycles. The predicted molar refractivity (Wildman–Crippen MR) is 38.0 cm³/mol. The van der Waals surface area contributed by atoms with Gasteiger partial charge in [-0.15, -0.1) is 6.58 Å². The standard InChI is InChI=1S/C7H10F2O3/c1-5(2)3-4-12-7(8,9)6(10)11/h1,3-4H2,2H3,(H,10,11). The van der Waals surface area contributed by atoms with Gasteiger partial charge in [0.05, 0.1) is 6.61 Å². The van der Waals surface area contributed by atoms with E-state index in [4.69, 9.17) is 5.11 Å². The first-order valence-corrected chi connectivity index (χ1v) is 3.26. The number of carbonyl (C=O) groups is 1. The van der Waals surface area contributed by atoms with Crippen molar-refractivity contribution in [3.63, 3.8) is 0 Å². The average Bonchev–Trinajstić information content (AvgIpc) is 1.85. The van der Waals surface area contributed by atoms with Crippen LogP contribution in [-0.2, 0) is 9.53 Å². The van der Waals surface area contributed by atoms with Gasteiger partial charge in [-0.25, -0.2) is 4.79 Å². The van der Waals surface area contributed by atoms with E-state index in [1.807, 2.05) is 0 Å². The largest absolute Gasteiger partial charge is 0.475 e. The second kappa shape index (κ2) is 4.15. The van der Waals surface area contributed by atoms with Crippen molar-refractivity contribution in [3.8, 4) is 0 Å². The summed E-state index contributed by atoms with van der Waals surface area (Å²) in [6, 6.07) is 0. The topological polar surface area (TPSA) is 46.5 Å². The fraction of sp³-hybridized carbons (Fsp3) is 0.571. The zero-order valence-electron chi connectivity index (χ0n) is 6.64. The van der Waals surface area contributed by atoms with Gasteiger partial charge in [0, 0.05) is 0 Å². The van der Waals surface area contributed by atoms with Crippen LogP contribution < -0.4 is 0 Å². The van der Waals surface area contributed by atoms with Crippen LogP contribution in [0.4, 0.5) is 8.78 Å². The smallest absolute Gasteiger partial charge is 0.455 e. The van der Waals surface area contributed by atoms with Gasteiger partial charge in [0.25, 0.3) is 0 Å². The molecule has 70 valence electrons. The van der Waals surface area contributed by atoms with E-state index < -0.39 is 12.1 Å². The molecule has 1 N–H and O–H groups in total. The molecule has 12 heavy (non-hydrogen) atoms. The molecule has 0 rings (SSSR count). The maximum Gasteiger partial charge on any atom is 0.455 e. The lowest BCUT2D eigenvalue weighted by Crippen LogP contribution is -2.31. The second-order valence-corrected chi connectivity index (χ2v) is 2.38. The van der Waals surface area contributed by atoms with E-state index in [0.717, 1.165) is 0 Å². The number of halogens is 2. The van der Waals surface area contributed by atoms with E-state index in [0.29, 0.717) is 5.57 Å². The minimum atomic E-state index is -4.09. The van der Waals surface area contributed by atoms with Gasteiger partial charge in [-0.05, 0) is 13.3 Å². The number of rotatable bonds is 5. The van der Waals surface area contributed by atoms with Crippen molar-refractivity contribution in [2.45, 2.75) is 19.5 Å². The quantitative estimate of drug-likeness (QED) is 0.654. The Hall–Kier alpha value is -0.970. The highest BCUT2D eigenvalue weighted by atomic mass is 19.3. The van der Waals surface area contributed by atoms with E-state index in [1.54, 1.807) is 6.92 Å². The third-order valence-electron chi connectivity index (χ3n) is 1.06. The molecule has 5 heteroatoms. The Labute approximate surface area is 68.6 Å². The van der Waals surface area contributed by atoms with Crippen molar-refractivity contribution in [1.29, 1.82) is 0 Å². The molecule has 0 fully saturated rings. The number of hydrogen-bond donors (Lipinski definition) is 1. The summed E-state index contributed by atoms with van der Waals surface area (Å²) in [7, 11) is 0. The Morgan fingerprint density at radius 1 is 1.67 bits per heavy atom. The summed E-state index contributed by atoms with van der Waals surface area (Å²) >= 11 is 0. The lowest BCUT2D eigenvalue weighted by Gasteiger charge is -2.11. The van der Waals surface area contributed by atoms with Crippen LogP contribution in [0.25, 0.3) is 0 Å². The van der Waals surface area contributed by atoms with Crippen molar-refractivity contribution in [3.05, 3.63) is 12.2 Å². The van der Waals surface area contributed by atoms with Gasteiger partial charge in [0.2, 0.25) is 0 Å². The normalized spacial score (nSPS) is 11.2. The maximum absolute atomic E-state index is 12.1. The third-order valence-corrected chi connectivity index (χ3v) is 1.06. The summed E-state index contributed by atoms with van der Waals surface area (Å²) in [5.74, 6) is -2.27. The summed E-state index contributed by atoms with van der Waals surface area (Å²) in [5, 5.41) is 7.91. The Balaban J connectivity index is 3.76. The molecule has 3 nitrogen and oxygen atoms in total.